The van der Waals surface area contributed by atoms with E-state index in [1.165, 1.54) is 5.56 Å². The Morgan fingerprint density at radius 1 is 1.35 bits per heavy atom. The third kappa shape index (κ3) is 7.72. The normalized spacial score (nSPS) is 20.0. The van der Waals surface area contributed by atoms with Crippen LogP contribution in [-0.2, 0) is 9.47 Å². The maximum atomic E-state index is 5.91. The van der Waals surface area contributed by atoms with Gasteiger partial charge in [-0.15, -0.1) is 0 Å². The molecule has 1 aliphatic heterocycles. The zero-order valence-corrected chi connectivity index (χ0v) is 16.4. The topological polar surface area (TPSA) is 58.1 Å². The highest BCUT2D eigenvalue weighted by atomic mass is 16.5. The minimum absolute atomic E-state index is 0.124. The summed E-state index contributed by atoms with van der Waals surface area (Å²) in [6.07, 6.45) is 1.24. The molecule has 2 atom stereocenters. The number of nitrogens with zero attached hydrogens (tertiary/aromatic N) is 2. The number of likely N-dealkylation sites (N-methyl/N-ethyl adjacent to an activating group) is 1. The van der Waals surface area contributed by atoms with Crippen molar-refractivity contribution in [2.45, 2.75) is 32.5 Å². The van der Waals surface area contributed by atoms with Crippen molar-refractivity contribution in [3.05, 3.63) is 35.9 Å². The number of morpholine rings is 1. The molecule has 0 bridgehead atoms. The van der Waals surface area contributed by atoms with E-state index in [9.17, 15) is 0 Å². The summed E-state index contributed by atoms with van der Waals surface area (Å²) in [7, 11) is 2.12. The van der Waals surface area contributed by atoms with E-state index in [1.807, 2.05) is 18.2 Å². The van der Waals surface area contributed by atoms with Crippen LogP contribution < -0.4 is 10.6 Å². The van der Waals surface area contributed by atoms with E-state index in [0.29, 0.717) is 6.54 Å². The molecule has 2 unspecified atom stereocenters. The first-order chi connectivity index (χ1) is 12.7. The Morgan fingerprint density at radius 3 is 2.88 bits per heavy atom. The van der Waals surface area contributed by atoms with Gasteiger partial charge < -0.3 is 25.0 Å². The van der Waals surface area contributed by atoms with Crippen molar-refractivity contribution in [2.75, 3.05) is 53.0 Å². The molecule has 1 aliphatic rings. The average molecular weight is 363 g/mol. The van der Waals surface area contributed by atoms with E-state index in [4.69, 9.17) is 9.47 Å². The highest BCUT2D eigenvalue weighted by Crippen LogP contribution is 2.15. The fourth-order valence-corrected chi connectivity index (χ4v) is 2.87. The highest BCUT2D eigenvalue weighted by molar-refractivity contribution is 5.79. The predicted octanol–water partition coefficient (Wildman–Crippen LogP) is 2.04. The lowest BCUT2D eigenvalue weighted by molar-refractivity contribution is -0.0136. The summed E-state index contributed by atoms with van der Waals surface area (Å²) in [5.41, 5.74) is 1.22. The standard InChI is InChI=1S/C20H34N4O2/c1-4-21-20(23-15-19-16-24(3)12-14-26-19)22-11-8-13-25-17(2)18-9-6-5-7-10-18/h5-7,9-10,17,19H,4,8,11-16H2,1-3H3,(H2,21,22,23). The molecule has 6 heteroatoms. The van der Waals surface area contributed by atoms with E-state index in [0.717, 1.165) is 51.8 Å². The van der Waals surface area contributed by atoms with Crippen LogP contribution in [0.1, 0.15) is 31.9 Å². The molecular weight excluding hydrogens is 328 g/mol. The van der Waals surface area contributed by atoms with E-state index in [2.05, 4.69) is 53.6 Å². The quantitative estimate of drug-likeness (QED) is 0.400. The van der Waals surface area contributed by atoms with Crippen molar-refractivity contribution in [3.8, 4) is 0 Å². The molecule has 6 nitrogen and oxygen atoms in total. The van der Waals surface area contributed by atoms with Crippen molar-refractivity contribution < 1.29 is 9.47 Å². The summed E-state index contributed by atoms with van der Waals surface area (Å²) in [5, 5.41) is 6.66. The van der Waals surface area contributed by atoms with Gasteiger partial charge in [-0.2, -0.15) is 0 Å². The fraction of sp³-hybridized carbons (Fsp3) is 0.650. The molecule has 2 N–H and O–H groups in total. The Morgan fingerprint density at radius 2 is 2.15 bits per heavy atom. The van der Waals surface area contributed by atoms with Crippen LogP contribution in [-0.4, -0.2) is 69.9 Å². The number of benzene rings is 1. The molecule has 2 rings (SSSR count). The van der Waals surface area contributed by atoms with Crippen LogP contribution in [0.15, 0.2) is 35.3 Å². The molecular formula is C20H34N4O2. The van der Waals surface area contributed by atoms with E-state index < -0.39 is 0 Å². The molecule has 0 spiro atoms. The number of rotatable bonds is 9. The second-order valence-electron chi connectivity index (χ2n) is 6.68. The van der Waals surface area contributed by atoms with Crippen molar-refractivity contribution in [1.82, 2.24) is 15.5 Å². The molecule has 0 amide bonds. The van der Waals surface area contributed by atoms with Crippen molar-refractivity contribution in [2.24, 2.45) is 4.99 Å². The highest BCUT2D eigenvalue weighted by Gasteiger charge is 2.17. The molecule has 0 aromatic heterocycles. The van der Waals surface area contributed by atoms with Crippen LogP contribution in [0.25, 0.3) is 0 Å². The lowest BCUT2D eigenvalue weighted by atomic mass is 10.1. The van der Waals surface area contributed by atoms with Crippen LogP contribution in [0.2, 0.25) is 0 Å². The Balaban J connectivity index is 1.65. The van der Waals surface area contributed by atoms with Gasteiger partial charge in [-0.05, 0) is 32.9 Å². The third-order valence-electron chi connectivity index (χ3n) is 4.39. The van der Waals surface area contributed by atoms with Crippen molar-refractivity contribution in [1.29, 1.82) is 0 Å². The van der Waals surface area contributed by atoms with Gasteiger partial charge in [-0.1, -0.05) is 30.3 Å². The van der Waals surface area contributed by atoms with Gasteiger partial charge in [0, 0.05) is 32.8 Å². The van der Waals surface area contributed by atoms with Crippen LogP contribution in [0, 0.1) is 0 Å². The van der Waals surface area contributed by atoms with Gasteiger partial charge in [0.1, 0.15) is 0 Å². The third-order valence-corrected chi connectivity index (χ3v) is 4.39. The number of nitrogens with one attached hydrogen (secondary N) is 2. The molecule has 1 heterocycles. The largest absolute Gasteiger partial charge is 0.374 e. The van der Waals surface area contributed by atoms with Gasteiger partial charge in [0.25, 0.3) is 0 Å². The van der Waals surface area contributed by atoms with Crippen molar-refractivity contribution >= 4 is 5.96 Å². The zero-order chi connectivity index (χ0) is 18.6. The molecule has 0 radical (unpaired) electrons. The Labute approximate surface area is 158 Å². The molecule has 146 valence electrons. The first-order valence-electron chi connectivity index (χ1n) is 9.68. The molecule has 0 aliphatic carbocycles. The minimum Gasteiger partial charge on any atom is -0.374 e. The Hall–Kier alpha value is -1.63. The van der Waals surface area contributed by atoms with E-state index in [-0.39, 0.29) is 12.2 Å². The van der Waals surface area contributed by atoms with E-state index >= 15 is 0 Å². The molecule has 0 saturated carbocycles. The van der Waals surface area contributed by atoms with E-state index in [1.54, 1.807) is 0 Å². The van der Waals surface area contributed by atoms with Gasteiger partial charge in [0.05, 0.1) is 25.4 Å². The summed E-state index contributed by atoms with van der Waals surface area (Å²) in [4.78, 5) is 6.94. The minimum atomic E-state index is 0.124. The number of aliphatic imine (C=N–C) groups is 1. The summed E-state index contributed by atoms with van der Waals surface area (Å²) in [5.74, 6) is 0.848. The number of guanidine groups is 1. The van der Waals surface area contributed by atoms with Crippen LogP contribution in [0.3, 0.4) is 0 Å². The molecule has 1 fully saturated rings. The predicted molar refractivity (Wildman–Crippen MR) is 107 cm³/mol. The van der Waals surface area contributed by atoms with Crippen LogP contribution in [0.4, 0.5) is 0 Å². The maximum Gasteiger partial charge on any atom is 0.191 e. The molecule has 1 aromatic rings. The van der Waals surface area contributed by atoms with Gasteiger partial charge in [0.2, 0.25) is 0 Å². The number of ether oxygens (including phenoxy) is 2. The lowest BCUT2D eigenvalue weighted by Gasteiger charge is -2.29. The van der Waals surface area contributed by atoms with Gasteiger partial charge in [-0.3, -0.25) is 4.99 Å². The van der Waals surface area contributed by atoms with Gasteiger partial charge in [0.15, 0.2) is 5.96 Å². The average Bonchev–Trinajstić information content (AvgIpc) is 2.66. The second kappa shape index (κ2) is 11.9. The van der Waals surface area contributed by atoms with Crippen LogP contribution >= 0.6 is 0 Å². The first kappa shape index (κ1) is 20.7. The maximum absolute atomic E-state index is 5.91. The number of hydrogen-bond acceptors (Lipinski definition) is 4. The fourth-order valence-electron chi connectivity index (χ4n) is 2.87. The van der Waals surface area contributed by atoms with Gasteiger partial charge in [-0.25, -0.2) is 0 Å². The Bertz CT molecular complexity index is 524. The monoisotopic (exact) mass is 362 g/mol. The summed E-state index contributed by atoms with van der Waals surface area (Å²) in [6.45, 7) is 9.98. The summed E-state index contributed by atoms with van der Waals surface area (Å²) < 4.78 is 11.7. The summed E-state index contributed by atoms with van der Waals surface area (Å²) in [6, 6.07) is 10.3. The Kier molecular flexibility index (Phi) is 9.45. The van der Waals surface area contributed by atoms with Crippen molar-refractivity contribution in [3.63, 3.8) is 0 Å². The number of hydrogen-bond donors (Lipinski definition) is 2. The first-order valence-corrected chi connectivity index (χ1v) is 9.68. The molecule has 1 aromatic carbocycles. The molecule has 1 saturated heterocycles. The summed E-state index contributed by atoms with van der Waals surface area (Å²) >= 11 is 0. The smallest absolute Gasteiger partial charge is 0.191 e. The zero-order valence-electron chi connectivity index (χ0n) is 16.4. The molecule has 26 heavy (non-hydrogen) atoms. The second-order valence-corrected chi connectivity index (χ2v) is 6.68. The SMILES string of the molecule is CCNC(=NCC1CN(C)CCO1)NCCCOC(C)c1ccccc1. The van der Waals surface area contributed by atoms with Crippen LogP contribution in [0.5, 0.6) is 0 Å². The lowest BCUT2D eigenvalue weighted by Crippen LogP contribution is -2.43. The van der Waals surface area contributed by atoms with Gasteiger partial charge >= 0.3 is 0 Å².